The number of halogens is 2. The van der Waals surface area contributed by atoms with Crippen molar-refractivity contribution in [2.45, 2.75) is 51.4 Å². The van der Waals surface area contributed by atoms with Crippen molar-refractivity contribution in [3.63, 3.8) is 0 Å². The Labute approximate surface area is 164 Å². The van der Waals surface area contributed by atoms with Crippen molar-refractivity contribution in [3.05, 3.63) is 33.9 Å². The molecule has 6 nitrogen and oxygen atoms in total. The summed E-state index contributed by atoms with van der Waals surface area (Å²) in [7, 11) is 0. The first kappa shape index (κ1) is 21.0. The van der Waals surface area contributed by atoms with Crippen LogP contribution in [0.5, 0.6) is 5.75 Å². The Morgan fingerprint density at radius 1 is 1.27 bits per heavy atom. The molecule has 0 saturated carbocycles. The number of nitrogens with zero attached hydrogens (tertiary/aromatic N) is 2. The zero-order valence-electron chi connectivity index (χ0n) is 15.1. The van der Waals surface area contributed by atoms with Gasteiger partial charge in [0.2, 0.25) is 0 Å². The summed E-state index contributed by atoms with van der Waals surface area (Å²) in [5.74, 6) is 1.30. The van der Waals surface area contributed by atoms with Crippen LogP contribution in [0.4, 0.5) is 0 Å². The second-order valence-electron chi connectivity index (χ2n) is 7.40. The third kappa shape index (κ3) is 3.31. The summed E-state index contributed by atoms with van der Waals surface area (Å²) in [5, 5.41) is 11.5. The fourth-order valence-corrected chi connectivity index (χ4v) is 3.93. The highest BCUT2D eigenvalue weighted by Crippen LogP contribution is 2.44. The van der Waals surface area contributed by atoms with E-state index in [9.17, 15) is 9.90 Å². The van der Waals surface area contributed by atoms with Crippen LogP contribution in [0.2, 0.25) is 0 Å². The molecule has 1 aromatic carbocycles. The zero-order chi connectivity index (χ0) is 17.1. The number of aliphatic hydroxyl groups is 1. The van der Waals surface area contributed by atoms with Crippen LogP contribution in [-0.2, 0) is 0 Å². The molecule has 144 valence electrons. The monoisotopic (exact) mass is 401 g/mol. The van der Waals surface area contributed by atoms with Gasteiger partial charge in [0.25, 0.3) is 5.56 Å². The van der Waals surface area contributed by atoms with E-state index in [0.29, 0.717) is 22.5 Å². The van der Waals surface area contributed by atoms with E-state index in [1.54, 1.807) is 6.92 Å². The third-order valence-electron chi connectivity index (χ3n) is 5.19. The molecule has 1 saturated heterocycles. The number of rotatable bonds is 1. The first-order chi connectivity index (χ1) is 11.4. The number of aliphatic hydroxyl groups excluding tert-OH is 1. The number of aromatic amines is 1. The fourth-order valence-electron chi connectivity index (χ4n) is 3.93. The molecule has 0 amide bonds. The number of aromatic nitrogens is 2. The van der Waals surface area contributed by atoms with Gasteiger partial charge < -0.3 is 14.8 Å². The van der Waals surface area contributed by atoms with Crippen molar-refractivity contribution in [1.82, 2.24) is 14.9 Å². The molecule has 1 fully saturated rings. The van der Waals surface area contributed by atoms with Crippen molar-refractivity contribution >= 4 is 35.7 Å². The standard InChI is InChI=1S/C18H23N3O3.2ClH/c1-10-19-13-9-14-12(8-11(13)17(23)20-10)15(21-6-4-5-7-21)16(22)18(2,3)24-14;;/h8-9,15-16,22H,4-7H2,1-3H3,(H,19,20,23);2*1H/t15-,16+;;/m1../s1. The van der Waals surface area contributed by atoms with Gasteiger partial charge in [0.1, 0.15) is 23.3 Å². The lowest BCUT2D eigenvalue weighted by Crippen LogP contribution is -2.53. The molecule has 0 radical (unpaired) electrons. The molecule has 2 N–H and O–H groups in total. The maximum Gasteiger partial charge on any atom is 0.258 e. The number of nitrogens with one attached hydrogen (secondary N) is 1. The molecule has 4 rings (SSSR count). The lowest BCUT2D eigenvalue weighted by Gasteiger charge is -2.45. The van der Waals surface area contributed by atoms with E-state index in [0.717, 1.165) is 31.5 Å². The van der Waals surface area contributed by atoms with Crippen LogP contribution in [-0.4, -0.2) is 44.8 Å². The van der Waals surface area contributed by atoms with Gasteiger partial charge in [-0.25, -0.2) is 4.98 Å². The van der Waals surface area contributed by atoms with E-state index in [1.165, 1.54) is 0 Å². The minimum absolute atomic E-state index is 0. The Hall–Kier alpha value is -1.34. The molecule has 0 bridgehead atoms. The zero-order valence-corrected chi connectivity index (χ0v) is 16.7. The SMILES string of the molecule is Cc1nc2cc3c(cc2c(=O)[nH]1)[C@@H](N1CCCC1)[C@H](O)C(C)(C)O3.Cl.Cl. The molecular weight excluding hydrogens is 377 g/mol. The largest absolute Gasteiger partial charge is 0.485 e. The predicted octanol–water partition coefficient (Wildman–Crippen LogP) is 2.74. The maximum atomic E-state index is 12.3. The highest BCUT2D eigenvalue weighted by molar-refractivity contribution is 5.85. The number of ether oxygens (including phenoxy) is 1. The first-order valence-corrected chi connectivity index (χ1v) is 8.52. The summed E-state index contributed by atoms with van der Waals surface area (Å²) in [6.07, 6.45) is 1.61. The molecule has 2 aliphatic rings. The van der Waals surface area contributed by atoms with Crippen molar-refractivity contribution in [2.75, 3.05) is 13.1 Å². The summed E-state index contributed by atoms with van der Waals surface area (Å²) in [4.78, 5) is 21.8. The van der Waals surface area contributed by atoms with Gasteiger partial charge in [0, 0.05) is 11.6 Å². The highest BCUT2D eigenvalue weighted by Gasteiger charge is 2.46. The number of likely N-dealkylation sites (tertiary alicyclic amines) is 1. The van der Waals surface area contributed by atoms with E-state index in [2.05, 4.69) is 14.9 Å². The second kappa shape index (κ2) is 7.35. The molecule has 8 heteroatoms. The van der Waals surface area contributed by atoms with Crippen LogP contribution < -0.4 is 10.3 Å². The van der Waals surface area contributed by atoms with Crippen molar-refractivity contribution in [2.24, 2.45) is 0 Å². The van der Waals surface area contributed by atoms with Crippen LogP contribution in [0, 0.1) is 6.92 Å². The average molecular weight is 402 g/mol. The lowest BCUT2D eigenvalue weighted by molar-refractivity contribution is -0.0894. The van der Waals surface area contributed by atoms with E-state index < -0.39 is 11.7 Å². The van der Waals surface area contributed by atoms with Gasteiger partial charge in [-0.1, -0.05) is 0 Å². The molecule has 1 aromatic heterocycles. The summed E-state index contributed by atoms with van der Waals surface area (Å²) < 4.78 is 6.08. The van der Waals surface area contributed by atoms with E-state index >= 15 is 0 Å². The van der Waals surface area contributed by atoms with Gasteiger partial charge in [0.15, 0.2) is 0 Å². The summed E-state index contributed by atoms with van der Waals surface area (Å²) >= 11 is 0. The van der Waals surface area contributed by atoms with Gasteiger partial charge in [-0.3, -0.25) is 9.69 Å². The molecular formula is C18H25Cl2N3O3. The Bertz CT molecular complexity index is 863. The molecule has 2 aromatic rings. The second-order valence-corrected chi connectivity index (χ2v) is 7.40. The number of H-pyrrole nitrogens is 1. The number of aryl methyl sites for hydroxylation is 1. The van der Waals surface area contributed by atoms with Crippen LogP contribution in [0.25, 0.3) is 10.9 Å². The maximum absolute atomic E-state index is 12.3. The predicted molar refractivity (Wildman–Crippen MR) is 106 cm³/mol. The summed E-state index contributed by atoms with van der Waals surface area (Å²) in [6.45, 7) is 7.49. The molecule has 2 atom stereocenters. The van der Waals surface area contributed by atoms with Gasteiger partial charge in [0.05, 0.1) is 16.9 Å². The smallest absolute Gasteiger partial charge is 0.258 e. The number of hydrogen-bond acceptors (Lipinski definition) is 5. The van der Waals surface area contributed by atoms with Gasteiger partial charge in [-0.15, -0.1) is 24.8 Å². The van der Waals surface area contributed by atoms with Crippen LogP contribution in [0.15, 0.2) is 16.9 Å². The number of benzene rings is 1. The van der Waals surface area contributed by atoms with E-state index in [-0.39, 0.29) is 36.4 Å². The van der Waals surface area contributed by atoms with Gasteiger partial charge in [-0.2, -0.15) is 0 Å². The molecule has 0 aliphatic carbocycles. The topological polar surface area (TPSA) is 78.5 Å². The summed E-state index contributed by atoms with van der Waals surface area (Å²) in [6, 6.07) is 3.53. The molecule has 0 unspecified atom stereocenters. The van der Waals surface area contributed by atoms with Gasteiger partial charge in [-0.05, 0) is 52.8 Å². The molecule has 0 spiro atoms. The van der Waals surface area contributed by atoms with Crippen molar-refractivity contribution in [3.8, 4) is 5.75 Å². The van der Waals surface area contributed by atoms with Crippen molar-refractivity contribution < 1.29 is 9.84 Å². The number of hydrogen-bond donors (Lipinski definition) is 2. The van der Waals surface area contributed by atoms with E-state index in [4.69, 9.17) is 4.74 Å². The van der Waals surface area contributed by atoms with E-state index in [1.807, 2.05) is 26.0 Å². The molecule has 2 aliphatic heterocycles. The van der Waals surface area contributed by atoms with Crippen LogP contribution in [0.1, 0.15) is 44.1 Å². The Balaban J connectivity index is 0.00000121. The lowest BCUT2D eigenvalue weighted by atomic mass is 9.85. The quantitative estimate of drug-likeness (QED) is 0.767. The third-order valence-corrected chi connectivity index (χ3v) is 5.19. The molecule has 26 heavy (non-hydrogen) atoms. The van der Waals surface area contributed by atoms with Crippen LogP contribution >= 0.6 is 24.8 Å². The van der Waals surface area contributed by atoms with Crippen molar-refractivity contribution in [1.29, 1.82) is 0 Å². The number of fused-ring (bicyclic) bond motifs is 2. The summed E-state index contributed by atoms with van der Waals surface area (Å²) in [5.41, 5.74) is 0.666. The first-order valence-electron chi connectivity index (χ1n) is 8.52. The van der Waals surface area contributed by atoms with Gasteiger partial charge >= 0.3 is 0 Å². The minimum Gasteiger partial charge on any atom is -0.485 e. The average Bonchev–Trinajstić information content (AvgIpc) is 3.01. The fraction of sp³-hybridized carbons (Fsp3) is 0.556. The normalized spacial score (nSPS) is 24.3. The Kier molecular flexibility index (Phi) is 5.93. The Morgan fingerprint density at radius 2 is 1.92 bits per heavy atom. The Morgan fingerprint density at radius 3 is 2.58 bits per heavy atom. The minimum atomic E-state index is -0.690. The molecule has 3 heterocycles. The highest BCUT2D eigenvalue weighted by atomic mass is 35.5. The van der Waals surface area contributed by atoms with Crippen LogP contribution in [0.3, 0.4) is 0 Å².